The molecule has 0 aliphatic heterocycles. The summed E-state index contributed by atoms with van der Waals surface area (Å²) in [6.07, 6.45) is -0.818. The SMILES string of the molecule is C[C@H](O)c1ccc(F)cc1OCc1c(F)cccc1Cl. The maximum absolute atomic E-state index is 13.6. The quantitative estimate of drug-likeness (QED) is 0.914. The average Bonchev–Trinajstić information content (AvgIpc) is 2.37. The van der Waals surface area contributed by atoms with Crippen molar-refractivity contribution < 1.29 is 18.6 Å². The van der Waals surface area contributed by atoms with Crippen LogP contribution in [0.1, 0.15) is 24.2 Å². The molecule has 2 aromatic rings. The molecule has 1 atom stereocenters. The second kappa shape index (κ2) is 6.20. The highest BCUT2D eigenvalue weighted by atomic mass is 35.5. The Labute approximate surface area is 120 Å². The van der Waals surface area contributed by atoms with E-state index in [2.05, 4.69) is 0 Å². The third-order valence-corrected chi connectivity index (χ3v) is 3.21. The monoisotopic (exact) mass is 298 g/mol. The molecular formula is C15H13ClF2O2. The Balaban J connectivity index is 2.25. The normalized spacial score (nSPS) is 12.2. The Morgan fingerprint density at radius 2 is 2.00 bits per heavy atom. The van der Waals surface area contributed by atoms with Crippen LogP contribution in [0.4, 0.5) is 8.78 Å². The summed E-state index contributed by atoms with van der Waals surface area (Å²) < 4.78 is 32.2. The van der Waals surface area contributed by atoms with E-state index in [1.54, 1.807) is 6.07 Å². The summed E-state index contributed by atoms with van der Waals surface area (Å²) in [7, 11) is 0. The lowest BCUT2D eigenvalue weighted by Gasteiger charge is -2.14. The zero-order valence-corrected chi connectivity index (χ0v) is 11.5. The van der Waals surface area contributed by atoms with Crippen molar-refractivity contribution in [1.29, 1.82) is 0 Å². The molecule has 0 aromatic heterocycles. The van der Waals surface area contributed by atoms with Crippen LogP contribution in [0.15, 0.2) is 36.4 Å². The molecule has 0 saturated heterocycles. The molecule has 0 radical (unpaired) electrons. The maximum Gasteiger partial charge on any atom is 0.131 e. The highest BCUT2D eigenvalue weighted by molar-refractivity contribution is 6.31. The Morgan fingerprint density at radius 1 is 1.25 bits per heavy atom. The Hall–Kier alpha value is -1.65. The topological polar surface area (TPSA) is 29.5 Å². The van der Waals surface area contributed by atoms with Gasteiger partial charge in [0.05, 0.1) is 11.1 Å². The second-order valence-corrected chi connectivity index (χ2v) is 4.75. The molecule has 0 amide bonds. The lowest BCUT2D eigenvalue weighted by molar-refractivity contribution is 0.189. The zero-order chi connectivity index (χ0) is 14.7. The van der Waals surface area contributed by atoms with Crippen LogP contribution >= 0.6 is 11.6 Å². The predicted molar refractivity (Wildman–Crippen MR) is 72.8 cm³/mol. The number of rotatable bonds is 4. The van der Waals surface area contributed by atoms with Gasteiger partial charge in [0, 0.05) is 17.2 Å². The summed E-state index contributed by atoms with van der Waals surface area (Å²) in [6, 6.07) is 8.11. The first-order chi connectivity index (χ1) is 9.49. The first-order valence-corrected chi connectivity index (χ1v) is 6.40. The highest BCUT2D eigenvalue weighted by Gasteiger charge is 2.13. The van der Waals surface area contributed by atoms with Crippen LogP contribution in [0.3, 0.4) is 0 Å². The van der Waals surface area contributed by atoms with Crippen molar-refractivity contribution in [3.63, 3.8) is 0 Å². The number of hydrogen-bond donors (Lipinski definition) is 1. The molecule has 5 heteroatoms. The molecule has 2 nitrogen and oxygen atoms in total. The van der Waals surface area contributed by atoms with E-state index in [4.69, 9.17) is 16.3 Å². The van der Waals surface area contributed by atoms with Crippen LogP contribution < -0.4 is 4.74 Å². The van der Waals surface area contributed by atoms with E-state index in [9.17, 15) is 13.9 Å². The Morgan fingerprint density at radius 3 is 2.65 bits per heavy atom. The maximum atomic E-state index is 13.6. The van der Waals surface area contributed by atoms with E-state index in [-0.39, 0.29) is 22.9 Å². The van der Waals surface area contributed by atoms with Crippen molar-refractivity contribution in [2.75, 3.05) is 0 Å². The molecule has 20 heavy (non-hydrogen) atoms. The van der Waals surface area contributed by atoms with Gasteiger partial charge >= 0.3 is 0 Å². The van der Waals surface area contributed by atoms with Crippen LogP contribution in [-0.4, -0.2) is 5.11 Å². The van der Waals surface area contributed by atoms with Gasteiger partial charge in [-0.1, -0.05) is 17.7 Å². The van der Waals surface area contributed by atoms with Gasteiger partial charge in [0.1, 0.15) is 24.0 Å². The number of ether oxygens (including phenoxy) is 1. The molecule has 0 saturated carbocycles. The molecule has 0 bridgehead atoms. The van der Waals surface area contributed by atoms with E-state index in [1.807, 2.05) is 0 Å². The van der Waals surface area contributed by atoms with Gasteiger partial charge < -0.3 is 9.84 Å². The summed E-state index contributed by atoms with van der Waals surface area (Å²) in [5.41, 5.74) is 0.619. The predicted octanol–water partition coefficient (Wildman–Crippen LogP) is 4.25. The molecule has 0 spiro atoms. The van der Waals surface area contributed by atoms with Crippen molar-refractivity contribution in [2.45, 2.75) is 19.6 Å². The average molecular weight is 299 g/mol. The summed E-state index contributed by atoms with van der Waals surface area (Å²) in [5, 5.41) is 9.84. The number of aliphatic hydroxyl groups excluding tert-OH is 1. The van der Waals surface area contributed by atoms with Gasteiger partial charge in [-0.15, -0.1) is 0 Å². The molecular weight excluding hydrogens is 286 g/mol. The van der Waals surface area contributed by atoms with Gasteiger partial charge in [-0.2, -0.15) is 0 Å². The van der Waals surface area contributed by atoms with E-state index in [0.29, 0.717) is 5.56 Å². The number of aliphatic hydroxyl groups is 1. The molecule has 0 heterocycles. The first kappa shape index (κ1) is 14.8. The van der Waals surface area contributed by atoms with E-state index in [1.165, 1.54) is 31.2 Å². The fourth-order valence-corrected chi connectivity index (χ4v) is 2.02. The number of halogens is 3. The van der Waals surface area contributed by atoms with Gasteiger partial charge in [-0.3, -0.25) is 0 Å². The standard InChI is InChI=1S/C15H13ClF2O2/c1-9(19)11-6-5-10(17)7-15(11)20-8-12-13(16)3-2-4-14(12)18/h2-7,9,19H,8H2,1H3/t9-/m0/s1. The minimum Gasteiger partial charge on any atom is -0.488 e. The summed E-state index contributed by atoms with van der Waals surface area (Å²) in [5.74, 6) is -0.823. The van der Waals surface area contributed by atoms with Gasteiger partial charge in [0.2, 0.25) is 0 Å². The van der Waals surface area contributed by atoms with Crippen LogP contribution in [0, 0.1) is 11.6 Å². The molecule has 0 fully saturated rings. The molecule has 0 aliphatic rings. The molecule has 106 valence electrons. The van der Waals surface area contributed by atoms with Crippen molar-refractivity contribution in [3.05, 3.63) is 64.2 Å². The highest BCUT2D eigenvalue weighted by Crippen LogP contribution is 2.28. The molecule has 0 unspecified atom stereocenters. The smallest absolute Gasteiger partial charge is 0.131 e. The molecule has 2 aromatic carbocycles. The van der Waals surface area contributed by atoms with E-state index >= 15 is 0 Å². The van der Waals surface area contributed by atoms with Crippen LogP contribution in [0.2, 0.25) is 5.02 Å². The molecule has 0 aliphatic carbocycles. The van der Waals surface area contributed by atoms with Gasteiger partial charge in [-0.25, -0.2) is 8.78 Å². The minimum atomic E-state index is -0.818. The summed E-state index contributed by atoms with van der Waals surface area (Å²) in [6.45, 7) is 1.39. The fourth-order valence-electron chi connectivity index (χ4n) is 1.80. The van der Waals surface area contributed by atoms with Crippen LogP contribution in [-0.2, 0) is 6.61 Å². The lowest BCUT2D eigenvalue weighted by Crippen LogP contribution is -2.03. The Bertz CT molecular complexity index is 595. The number of hydrogen-bond acceptors (Lipinski definition) is 2. The second-order valence-electron chi connectivity index (χ2n) is 4.35. The lowest BCUT2D eigenvalue weighted by atomic mass is 10.1. The van der Waals surface area contributed by atoms with Crippen molar-refractivity contribution in [2.24, 2.45) is 0 Å². The third kappa shape index (κ3) is 3.26. The van der Waals surface area contributed by atoms with E-state index in [0.717, 1.165) is 6.07 Å². The van der Waals surface area contributed by atoms with Crippen molar-refractivity contribution in [1.82, 2.24) is 0 Å². The first-order valence-electron chi connectivity index (χ1n) is 6.02. The van der Waals surface area contributed by atoms with Crippen molar-refractivity contribution >= 4 is 11.6 Å². The van der Waals surface area contributed by atoms with Crippen molar-refractivity contribution in [3.8, 4) is 5.75 Å². The zero-order valence-electron chi connectivity index (χ0n) is 10.7. The van der Waals surface area contributed by atoms with Crippen LogP contribution in [0.25, 0.3) is 0 Å². The molecule has 2 rings (SSSR count). The summed E-state index contributed by atoms with van der Waals surface area (Å²) >= 11 is 5.89. The number of benzene rings is 2. The van der Waals surface area contributed by atoms with E-state index < -0.39 is 17.7 Å². The van der Waals surface area contributed by atoms with Crippen LogP contribution in [0.5, 0.6) is 5.75 Å². The fraction of sp³-hybridized carbons (Fsp3) is 0.200. The summed E-state index contributed by atoms with van der Waals surface area (Å²) in [4.78, 5) is 0. The molecule has 1 N–H and O–H groups in total. The van der Waals surface area contributed by atoms with Gasteiger partial charge in [0.25, 0.3) is 0 Å². The Kier molecular flexibility index (Phi) is 4.57. The largest absolute Gasteiger partial charge is 0.488 e. The van der Waals surface area contributed by atoms with Gasteiger partial charge in [-0.05, 0) is 31.2 Å². The van der Waals surface area contributed by atoms with Gasteiger partial charge in [0.15, 0.2) is 0 Å². The minimum absolute atomic E-state index is 0.144. The third-order valence-electron chi connectivity index (χ3n) is 2.86.